The average molecular weight is 433 g/mol. The van der Waals surface area contributed by atoms with Gasteiger partial charge < -0.3 is 9.32 Å². The van der Waals surface area contributed by atoms with Gasteiger partial charge in [0.2, 0.25) is 0 Å². The van der Waals surface area contributed by atoms with Crippen molar-refractivity contribution in [3.63, 3.8) is 0 Å². The molecule has 4 aromatic rings. The van der Waals surface area contributed by atoms with Crippen LogP contribution in [0.3, 0.4) is 0 Å². The Bertz CT molecular complexity index is 1270. The molecule has 32 heavy (non-hydrogen) atoms. The van der Waals surface area contributed by atoms with Crippen molar-refractivity contribution in [1.82, 2.24) is 14.9 Å². The monoisotopic (exact) mass is 433 g/mol. The number of hydrogen-bond donors (Lipinski definition) is 0. The molecule has 0 bridgehead atoms. The van der Waals surface area contributed by atoms with Crippen molar-refractivity contribution in [3.05, 3.63) is 72.4 Å². The number of nitrogens with zero attached hydrogens (tertiary/aromatic N) is 3. The molecule has 0 unspecified atom stereocenters. The highest BCUT2D eigenvalue weighted by Crippen LogP contribution is 2.35. The molecule has 0 atom stereocenters. The second-order valence-corrected chi connectivity index (χ2v) is 8.12. The zero-order valence-corrected chi connectivity index (χ0v) is 17.5. The number of furan rings is 1. The number of benzene rings is 1. The molecule has 5 rings (SSSR count). The quantitative estimate of drug-likeness (QED) is 0.414. The van der Waals surface area contributed by atoms with E-state index in [0.717, 1.165) is 33.4 Å². The Morgan fingerprint density at radius 3 is 2.47 bits per heavy atom. The Kier molecular flexibility index (Phi) is 4.96. The van der Waals surface area contributed by atoms with Crippen LogP contribution in [0.4, 0.5) is 8.78 Å². The van der Waals surface area contributed by atoms with Crippen LogP contribution >= 0.6 is 0 Å². The molecule has 1 fully saturated rings. The van der Waals surface area contributed by atoms with Gasteiger partial charge in [-0.15, -0.1) is 0 Å². The fourth-order valence-corrected chi connectivity index (χ4v) is 4.09. The molecule has 0 aliphatic carbocycles. The maximum absolute atomic E-state index is 13.4. The topological polar surface area (TPSA) is 59.2 Å². The number of hydrogen-bond acceptors (Lipinski definition) is 4. The van der Waals surface area contributed by atoms with Gasteiger partial charge in [0.1, 0.15) is 11.3 Å². The van der Waals surface area contributed by atoms with Crippen LogP contribution in [0.1, 0.15) is 29.0 Å². The minimum Gasteiger partial charge on any atom is -0.461 e. The van der Waals surface area contributed by atoms with Gasteiger partial charge in [-0.3, -0.25) is 14.8 Å². The molecule has 7 heteroatoms. The zero-order valence-electron chi connectivity index (χ0n) is 17.5. The van der Waals surface area contributed by atoms with Crippen LogP contribution in [0.5, 0.6) is 0 Å². The highest BCUT2D eigenvalue weighted by molar-refractivity contribution is 5.97. The number of piperidine rings is 1. The summed E-state index contributed by atoms with van der Waals surface area (Å²) < 4.78 is 32.7. The fourth-order valence-electron chi connectivity index (χ4n) is 4.09. The lowest BCUT2D eigenvalue weighted by atomic mass is 9.99. The van der Waals surface area contributed by atoms with Crippen LogP contribution in [0, 0.1) is 6.92 Å². The molecule has 0 radical (unpaired) electrons. The molecule has 3 aromatic heterocycles. The second-order valence-electron chi connectivity index (χ2n) is 8.12. The highest BCUT2D eigenvalue weighted by Gasteiger charge is 2.35. The van der Waals surface area contributed by atoms with E-state index in [1.54, 1.807) is 24.5 Å². The number of pyridine rings is 2. The molecule has 1 aliphatic heterocycles. The number of rotatable bonds is 3. The van der Waals surface area contributed by atoms with Crippen molar-refractivity contribution in [1.29, 1.82) is 0 Å². The van der Waals surface area contributed by atoms with Gasteiger partial charge in [0.15, 0.2) is 0 Å². The van der Waals surface area contributed by atoms with Crippen LogP contribution < -0.4 is 0 Å². The molecular formula is C25H21F2N3O2. The summed E-state index contributed by atoms with van der Waals surface area (Å²) in [4.78, 5) is 22.8. The van der Waals surface area contributed by atoms with E-state index in [1.165, 1.54) is 11.1 Å². The first-order valence-electron chi connectivity index (χ1n) is 10.5. The van der Waals surface area contributed by atoms with E-state index in [2.05, 4.69) is 9.97 Å². The van der Waals surface area contributed by atoms with E-state index in [-0.39, 0.29) is 31.8 Å². The first-order chi connectivity index (χ1) is 15.4. The van der Waals surface area contributed by atoms with Gasteiger partial charge in [-0.1, -0.05) is 0 Å². The maximum atomic E-state index is 13.4. The Balaban J connectivity index is 1.46. The van der Waals surface area contributed by atoms with Gasteiger partial charge in [0, 0.05) is 61.0 Å². The van der Waals surface area contributed by atoms with Crippen LogP contribution in [-0.2, 0) is 0 Å². The molecule has 1 aliphatic rings. The van der Waals surface area contributed by atoms with Gasteiger partial charge in [-0.2, -0.15) is 0 Å². The van der Waals surface area contributed by atoms with E-state index >= 15 is 0 Å². The molecule has 0 N–H and O–H groups in total. The molecule has 5 nitrogen and oxygen atoms in total. The number of likely N-dealkylation sites (tertiary alicyclic amines) is 1. The lowest BCUT2D eigenvalue weighted by Gasteiger charge is -2.31. The summed E-state index contributed by atoms with van der Waals surface area (Å²) in [5, 5.41) is 0.961. The number of fused-ring (bicyclic) bond motifs is 1. The van der Waals surface area contributed by atoms with E-state index < -0.39 is 5.92 Å². The van der Waals surface area contributed by atoms with Crippen LogP contribution in [0.25, 0.3) is 33.4 Å². The van der Waals surface area contributed by atoms with Crippen LogP contribution in [0.2, 0.25) is 0 Å². The van der Waals surface area contributed by atoms with Crippen LogP contribution in [0.15, 0.2) is 65.5 Å². The molecule has 0 spiro atoms. The molecule has 162 valence electrons. The number of halogens is 2. The van der Waals surface area contributed by atoms with Crippen molar-refractivity contribution in [2.45, 2.75) is 25.7 Å². The van der Waals surface area contributed by atoms with Crippen molar-refractivity contribution in [3.8, 4) is 22.4 Å². The van der Waals surface area contributed by atoms with E-state index in [9.17, 15) is 13.6 Å². The minimum atomic E-state index is -2.69. The predicted octanol–water partition coefficient (Wildman–Crippen LogP) is 5.74. The Morgan fingerprint density at radius 2 is 1.78 bits per heavy atom. The first kappa shape index (κ1) is 20.3. The van der Waals surface area contributed by atoms with Gasteiger partial charge in [0.05, 0.1) is 11.3 Å². The summed E-state index contributed by atoms with van der Waals surface area (Å²) in [7, 11) is 0. The molecule has 4 heterocycles. The summed E-state index contributed by atoms with van der Waals surface area (Å²) >= 11 is 0. The standard InChI is InChI=1S/C25H21F2N3O2/c1-16-12-20-13-19(14-21(23(20)32-16)17-4-8-28-9-5-17)22-3-2-18(15-29-22)24(31)30-10-6-25(26,27)7-11-30/h2-5,8-9,12-15H,6-7,10-11H2,1H3. The minimum absolute atomic E-state index is 0.0549. The highest BCUT2D eigenvalue weighted by atomic mass is 19.3. The van der Waals surface area contributed by atoms with Crippen molar-refractivity contribution in [2.24, 2.45) is 0 Å². The largest absolute Gasteiger partial charge is 0.461 e. The van der Waals surface area contributed by atoms with E-state index in [1.807, 2.05) is 37.3 Å². The lowest BCUT2D eigenvalue weighted by molar-refractivity contribution is -0.0494. The van der Waals surface area contributed by atoms with Gasteiger partial charge >= 0.3 is 0 Å². The molecule has 1 saturated heterocycles. The summed E-state index contributed by atoms with van der Waals surface area (Å²) in [5.74, 6) is -2.14. The SMILES string of the molecule is Cc1cc2cc(-c3ccc(C(=O)N4CCC(F)(F)CC4)cn3)cc(-c3ccncc3)c2o1. The molecular weight excluding hydrogens is 412 g/mol. The zero-order chi connectivity index (χ0) is 22.3. The van der Waals surface area contributed by atoms with E-state index in [4.69, 9.17) is 4.42 Å². The summed E-state index contributed by atoms with van der Waals surface area (Å²) in [6.45, 7) is 2.02. The summed E-state index contributed by atoms with van der Waals surface area (Å²) in [6.07, 6.45) is 4.39. The Hall–Kier alpha value is -3.61. The molecule has 0 saturated carbocycles. The number of aromatic nitrogens is 2. The van der Waals surface area contributed by atoms with Gasteiger partial charge in [-0.25, -0.2) is 8.78 Å². The Labute approximate surface area is 183 Å². The molecule has 1 aromatic carbocycles. The third-order valence-electron chi connectivity index (χ3n) is 5.82. The summed E-state index contributed by atoms with van der Waals surface area (Å²) in [5.41, 5.74) is 4.71. The number of carbonyl (C=O) groups excluding carboxylic acids is 1. The van der Waals surface area contributed by atoms with E-state index in [0.29, 0.717) is 11.3 Å². The normalized spacial score (nSPS) is 15.8. The summed E-state index contributed by atoms with van der Waals surface area (Å²) in [6, 6.07) is 13.3. The Morgan fingerprint density at radius 1 is 1.03 bits per heavy atom. The van der Waals surface area contributed by atoms with Crippen LogP contribution in [-0.4, -0.2) is 39.8 Å². The fraction of sp³-hybridized carbons (Fsp3) is 0.240. The number of aryl methyl sites for hydroxylation is 1. The first-order valence-corrected chi connectivity index (χ1v) is 10.5. The van der Waals surface area contributed by atoms with Crippen molar-refractivity contribution in [2.75, 3.05) is 13.1 Å². The number of amides is 1. The van der Waals surface area contributed by atoms with Crippen molar-refractivity contribution >= 4 is 16.9 Å². The van der Waals surface area contributed by atoms with Crippen molar-refractivity contribution < 1.29 is 18.0 Å². The van der Waals surface area contributed by atoms with Gasteiger partial charge in [0.25, 0.3) is 11.8 Å². The average Bonchev–Trinajstić information content (AvgIpc) is 3.19. The predicted molar refractivity (Wildman–Crippen MR) is 117 cm³/mol. The number of carbonyl (C=O) groups is 1. The maximum Gasteiger partial charge on any atom is 0.255 e. The van der Waals surface area contributed by atoms with Gasteiger partial charge in [-0.05, 0) is 55.0 Å². The third kappa shape index (κ3) is 3.86. The second kappa shape index (κ2) is 7.82. The smallest absolute Gasteiger partial charge is 0.255 e. The lowest BCUT2D eigenvalue weighted by Crippen LogP contribution is -2.42. The molecule has 1 amide bonds. The number of alkyl halides is 2. The third-order valence-corrected chi connectivity index (χ3v) is 5.82.